The van der Waals surface area contributed by atoms with Crippen LogP contribution in [0, 0.1) is 24.0 Å². The molecule has 9 heteroatoms. The third kappa shape index (κ3) is 3.63. The number of benzene rings is 1. The minimum Gasteiger partial charge on any atom is -0.318 e. The van der Waals surface area contributed by atoms with Crippen molar-refractivity contribution in [1.82, 2.24) is 9.47 Å². The van der Waals surface area contributed by atoms with Crippen molar-refractivity contribution in [3.8, 4) is 5.69 Å². The molecule has 1 aromatic carbocycles. The number of nitrogens with zero attached hydrogens (tertiary/aromatic N) is 3. The normalized spacial score (nSPS) is 15.5. The van der Waals surface area contributed by atoms with Gasteiger partial charge in [-0.2, -0.15) is 0 Å². The van der Waals surface area contributed by atoms with E-state index in [2.05, 4.69) is 6.58 Å². The summed E-state index contributed by atoms with van der Waals surface area (Å²) in [4.78, 5) is 25.1. The fraction of sp³-hybridized carbons (Fsp3) is 0.158. The van der Waals surface area contributed by atoms with Gasteiger partial charge in [-0.05, 0) is 43.7 Å². The number of carbonyl (C=O) groups excluding carboxylic acids is 1. The molecule has 0 unspecified atom stereocenters. The highest BCUT2D eigenvalue weighted by Crippen LogP contribution is 2.34. The molecule has 0 radical (unpaired) electrons. The minimum absolute atomic E-state index is 0.0712. The molecule has 28 heavy (non-hydrogen) atoms. The number of aromatic nitrogens is 1. The maximum Gasteiger partial charge on any atom is 0.288 e. The lowest BCUT2D eigenvalue weighted by Crippen LogP contribution is -2.27. The molecule has 3 rings (SSSR count). The topological polar surface area (TPSA) is 68.4 Å². The van der Waals surface area contributed by atoms with Crippen molar-refractivity contribution in [3.63, 3.8) is 0 Å². The third-order valence-corrected chi connectivity index (χ3v) is 6.01. The largest absolute Gasteiger partial charge is 0.318 e. The van der Waals surface area contributed by atoms with E-state index in [0.29, 0.717) is 21.5 Å². The van der Waals surface area contributed by atoms with Crippen LogP contribution in [-0.4, -0.2) is 31.2 Å². The van der Waals surface area contributed by atoms with Crippen LogP contribution in [0.2, 0.25) is 5.02 Å². The van der Waals surface area contributed by atoms with E-state index in [4.69, 9.17) is 23.8 Å². The van der Waals surface area contributed by atoms with Gasteiger partial charge in [-0.25, -0.2) is 0 Å². The van der Waals surface area contributed by atoms with Crippen molar-refractivity contribution in [3.05, 3.63) is 73.9 Å². The van der Waals surface area contributed by atoms with Crippen LogP contribution in [0.25, 0.3) is 11.8 Å². The first-order valence-electron chi connectivity index (χ1n) is 8.24. The molecule has 1 fully saturated rings. The molecular weight excluding hydrogens is 418 g/mol. The molecule has 2 heterocycles. The van der Waals surface area contributed by atoms with Gasteiger partial charge in [0, 0.05) is 29.7 Å². The Kier molecular flexibility index (Phi) is 5.74. The fourth-order valence-corrected chi connectivity index (χ4v) is 4.55. The zero-order valence-electron chi connectivity index (χ0n) is 15.1. The van der Waals surface area contributed by atoms with Gasteiger partial charge in [0.2, 0.25) is 0 Å². The zero-order chi connectivity index (χ0) is 20.6. The summed E-state index contributed by atoms with van der Waals surface area (Å²) < 4.78 is 2.44. The number of thiocarbonyl (C=S) groups is 1. The summed E-state index contributed by atoms with van der Waals surface area (Å²) in [7, 11) is 0. The van der Waals surface area contributed by atoms with Crippen molar-refractivity contribution in [2.24, 2.45) is 0 Å². The maximum atomic E-state index is 12.5. The lowest BCUT2D eigenvalue weighted by Gasteiger charge is -2.10. The minimum atomic E-state index is -0.516. The van der Waals surface area contributed by atoms with Crippen LogP contribution in [0.5, 0.6) is 0 Å². The van der Waals surface area contributed by atoms with E-state index in [-0.39, 0.29) is 16.6 Å². The summed E-state index contributed by atoms with van der Waals surface area (Å²) in [6, 6.07) is 6.55. The molecular formula is C19H16ClN3O3S2. The predicted octanol–water partition coefficient (Wildman–Crippen LogP) is 5.04. The third-order valence-electron chi connectivity index (χ3n) is 4.33. The molecule has 1 aliphatic rings. The summed E-state index contributed by atoms with van der Waals surface area (Å²) in [5.41, 5.74) is 3.24. The van der Waals surface area contributed by atoms with Crippen LogP contribution in [0.3, 0.4) is 0 Å². The van der Waals surface area contributed by atoms with Gasteiger partial charge in [-0.3, -0.25) is 19.8 Å². The molecule has 144 valence electrons. The Labute approximate surface area is 176 Å². The first-order valence-corrected chi connectivity index (χ1v) is 9.84. The van der Waals surface area contributed by atoms with Gasteiger partial charge in [0.1, 0.15) is 9.34 Å². The number of aryl methyl sites for hydroxylation is 1. The van der Waals surface area contributed by atoms with E-state index >= 15 is 0 Å². The monoisotopic (exact) mass is 433 g/mol. The van der Waals surface area contributed by atoms with Gasteiger partial charge in [-0.1, -0.05) is 41.7 Å². The molecule has 1 aromatic heterocycles. The second-order valence-corrected chi connectivity index (χ2v) is 8.22. The van der Waals surface area contributed by atoms with Gasteiger partial charge < -0.3 is 4.57 Å². The maximum absolute atomic E-state index is 12.5. The number of rotatable bonds is 5. The zero-order valence-corrected chi connectivity index (χ0v) is 17.5. The van der Waals surface area contributed by atoms with Crippen LogP contribution >= 0.6 is 35.6 Å². The molecule has 0 aliphatic carbocycles. The van der Waals surface area contributed by atoms with Crippen molar-refractivity contribution in [2.75, 3.05) is 6.54 Å². The standard InChI is InChI=1S/C19H16ClN3O3S2/c1-4-7-21-18(24)17(28-19(21)27)9-13-8-11(2)22(12(13)3)14-5-6-16(23(25)26)15(20)10-14/h4-6,8-10H,1,7H2,2-3H3/b17-9-. The summed E-state index contributed by atoms with van der Waals surface area (Å²) in [5.74, 6) is -0.141. The first-order chi connectivity index (χ1) is 13.2. The smallest absolute Gasteiger partial charge is 0.288 e. The van der Waals surface area contributed by atoms with Crippen LogP contribution in [-0.2, 0) is 4.79 Å². The Morgan fingerprint density at radius 2 is 2.07 bits per heavy atom. The van der Waals surface area contributed by atoms with Gasteiger partial charge >= 0.3 is 0 Å². The van der Waals surface area contributed by atoms with Gasteiger partial charge in [0.05, 0.1) is 9.83 Å². The van der Waals surface area contributed by atoms with Crippen molar-refractivity contribution < 1.29 is 9.72 Å². The lowest BCUT2D eigenvalue weighted by molar-refractivity contribution is -0.384. The van der Waals surface area contributed by atoms with Gasteiger partial charge in [-0.15, -0.1) is 6.58 Å². The highest BCUT2D eigenvalue weighted by Gasteiger charge is 2.31. The number of carbonyl (C=O) groups is 1. The second kappa shape index (κ2) is 7.90. The Balaban J connectivity index is 2.01. The van der Waals surface area contributed by atoms with Crippen LogP contribution in [0.1, 0.15) is 17.0 Å². The van der Waals surface area contributed by atoms with Crippen molar-refractivity contribution in [1.29, 1.82) is 0 Å². The summed E-state index contributed by atoms with van der Waals surface area (Å²) in [5, 5.41) is 11.1. The molecule has 6 nitrogen and oxygen atoms in total. The number of thioether (sulfide) groups is 1. The summed E-state index contributed by atoms with van der Waals surface area (Å²) >= 11 is 12.6. The second-order valence-electron chi connectivity index (χ2n) is 6.14. The van der Waals surface area contributed by atoms with Crippen LogP contribution < -0.4 is 0 Å². The summed E-state index contributed by atoms with van der Waals surface area (Å²) in [6.45, 7) is 7.86. The van der Waals surface area contributed by atoms with E-state index in [1.54, 1.807) is 18.2 Å². The number of nitro benzene ring substituents is 1. The Hall–Kier alpha value is -2.42. The number of hydrogen-bond donors (Lipinski definition) is 0. The fourth-order valence-electron chi connectivity index (χ4n) is 3.04. The highest BCUT2D eigenvalue weighted by molar-refractivity contribution is 8.26. The number of nitro groups is 1. The van der Waals surface area contributed by atoms with Gasteiger partial charge in [0.15, 0.2) is 0 Å². The molecule has 0 saturated carbocycles. The number of halogens is 1. The van der Waals surface area contributed by atoms with Crippen molar-refractivity contribution >= 4 is 57.6 Å². The van der Waals surface area contributed by atoms with E-state index in [0.717, 1.165) is 17.0 Å². The molecule has 1 saturated heterocycles. The molecule has 0 spiro atoms. The van der Waals surface area contributed by atoms with E-state index in [9.17, 15) is 14.9 Å². The number of amides is 1. The Morgan fingerprint density at radius 3 is 2.68 bits per heavy atom. The summed E-state index contributed by atoms with van der Waals surface area (Å²) in [6.07, 6.45) is 3.45. The molecule has 1 amide bonds. The van der Waals surface area contributed by atoms with Crippen LogP contribution in [0.4, 0.5) is 5.69 Å². The lowest BCUT2D eigenvalue weighted by atomic mass is 10.2. The predicted molar refractivity (Wildman–Crippen MR) is 117 cm³/mol. The van der Waals surface area contributed by atoms with E-state index in [1.165, 1.54) is 22.7 Å². The molecule has 0 N–H and O–H groups in total. The van der Waals surface area contributed by atoms with Crippen molar-refractivity contribution in [2.45, 2.75) is 13.8 Å². The Bertz CT molecular complexity index is 1060. The average Bonchev–Trinajstić information content (AvgIpc) is 3.05. The van der Waals surface area contributed by atoms with Gasteiger partial charge in [0.25, 0.3) is 11.6 Å². The van der Waals surface area contributed by atoms with E-state index in [1.807, 2.05) is 30.6 Å². The molecule has 2 aromatic rings. The first kappa shape index (κ1) is 20.3. The average molecular weight is 434 g/mol. The molecule has 0 atom stereocenters. The molecule has 0 bridgehead atoms. The van der Waals surface area contributed by atoms with Crippen LogP contribution in [0.15, 0.2) is 41.8 Å². The number of hydrogen-bond acceptors (Lipinski definition) is 5. The highest BCUT2D eigenvalue weighted by atomic mass is 35.5. The SMILES string of the molecule is C=CCN1C(=O)/C(=C/c2cc(C)n(-c3ccc([N+](=O)[O-])c(Cl)c3)c2C)SC1=S. The quantitative estimate of drug-likeness (QED) is 0.217. The molecule has 1 aliphatic heterocycles. The Morgan fingerprint density at radius 1 is 1.36 bits per heavy atom. The van der Waals surface area contributed by atoms with E-state index < -0.39 is 4.92 Å².